The van der Waals surface area contributed by atoms with Gasteiger partial charge in [-0.25, -0.2) is 14.5 Å². The van der Waals surface area contributed by atoms with Crippen LogP contribution in [-0.4, -0.2) is 30.4 Å². The first-order valence-electron chi connectivity index (χ1n) is 10.7. The van der Waals surface area contributed by atoms with E-state index in [9.17, 15) is 19.2 Å². The Morgan fingerprint density at radius 2 is 1.44 bits per heavy atom. The summed E-state index contributed by atoms with van der Waals surface area (Å²) in [6.07, 6.45) is 0. The summed E-state index contributed by atoms with van der Waals surface area (Å²) >= 11 is 12.2. The second-order valence-electron chi connectivity index (χ2n) is 7.42. The van der Waals surface area contributed by atoms with E-state index in [1.807, 2.05) is 0 Å². The van der Waals surface area contributed by atoms with Crippen molar-refractivity contribution in [2.75, 3.05) is 16.8 Å². The van der Waals surface area contributed by atoms with Crippen LogP contribution in [0.1, 0.15) is 27.6 Å². The van der Waals surface area contributed by atoms with Crippen molar-refractivity contribution in [2.45, 2.75) is 6.92 Å². The molecular weight excluding hydrogens is 507 g/mol. The Morgan fingerprint density at radius 3 is 2.08 bits per heavy atom. The van der Waals surface area contributed by atoms with Crippen LogP contribution in [0.25, 0.3) is 0 Å². The number of nitrogens with zero attached hydrogens (tertiary/aromatic N) is 1. The molecule has 0 fully saturated rings. The van der Waals surface area contributed by atoms with Gasteiger partial charge in [-0.1, -0.05) is 35.3 Å². The van der Waals surface area contributed by atoms with Gasteiger partial charge in [-0.3, -0.25) is 9.59 Å². The summed E-state index contributed by atoms with van der Waals surface area (Å²) in [5, 5.41) is 2.84. The highest BCUT2D eigenvalue weighted by atomic mass is 35.5. The monoisotopic (exact) mass is 524 g/mol. The van der Waals surface area contributed by atoms with Crippen molar-refractivity contribution in [3.63, 3.8) is 0 Å². The van der Waals surface area contributed by atoms with E-state index < -0.39 is 23.8 Å². The molecule has 0 spiro atoms. The van der Waals surface area contributed by atoms with Gasteiger partial charge in [0.25, 0.3) is 11.8 Å². The molecule has 3 aromatic carbocycles. The zero-order valence-electron chi connectivity index (χ0n) is 18.8. The minimum atomic E-state index is -0.715. The van der Waals surface area contributed by atoms with E-state index in [4.69, 9.17) is 32.7 Å². The van der Waals surface area contributed by atoms with Crippen LogP contribution in [0, 0.1) is 0 Å². The van der Waals surface area contributed by atoms with E-state index >= 15 is 0 Å². The Morgan fingerprint density at radius 1 is 0.833 bits per heavy atom. The third kappa shape index (κ3) is 5.10. The predicted octanol–water partition coefficient (Wildman–Crippen LogP) is 5.17. The molecule has 10 heteroatoms. The second kappa shape index (κ2) is 10.6. The van der Waals surface area contributed by atoms with Crippen LogP contribution in [-0.2, 0) is 14.3 Å². The molecule has 0 aromatic heterocycles. The maximum Gasteiger partial charge on any atom is 0.343 e. The van der Waals surface area contributed by atoms with Gasteiger partial charge in [0.15, 0.2) is 0 Å². The number of anilines is 2. The first-order valence-corrected chi connectivity index (χ1v) is 11.4. The van der Waals surface area contributed by atoms with Crippen molar-refractivity contribution in [3.8, 4) is 5.75 Å². The first-order chi connectivity index (χ1) is 17.3. The van der Waals surface area contributed by atoms with Gasteiger partial charge in [0.05, 0.1) is 28.4 Å². The number of rotatable bonds is 7. The zero-order chi connectivity index (χ0) is 25.8. The third-order valence-electron chi connectivity index (χ3n) is 5.09. The Balaban J connectivity index is 1.46. The molecule has 1 aliphatic rings. The molecule has 1 aliphatic heterocycles. The fourth-order valence-electron chi connectivity index (χ4n) is 3.33. The Bertz CT molecular complexity index is 1380. The lowest BCUT2D eigenvalue weighted by Gasteiger charge is -2.15. The number of carbonyl (C=O) groups is 4. The van der Waals surface area contributed by atoms with Gasteiger partial charge >= 0.3 is 11.9 Å². The highest BCUT2D eigenvalue weighted by Crippen LogP contribution is 2.30. The molecule has 0 saturated carbocycles. The average Bonchev–Trinajstić information content (AvgIpc) is 3.09. The number of benzene rings is 3. The summed E-state index contributed by atoms with van der Waals surface area (Å²) in [7, 11) is 0. The van der Waals surface area contributed by atoms with Crippen molar-refractivity contribution in [2.24, 2.45) is 0 Å². The minimum Gasteiger partial charge on any atom is -0.462 e. The average molecular weight is 525 g/mol. The van der Waals surface area contributed by atoms with Crippen molar-refractivity contribution in [1.29, 1.82) is 0 Å². The van der Waals surface area contributed by atoms with Crippen LogP contribution in [0.4, 0.5) is 11.4 Å². The fraction of sp³-hybridized carbons (Fsp3) is 0.0769. The van der Waals surface area contributed by atoms with E-state index in [0.717, 1.165) is 4.90 Å². The summed E-state index contributed by atoms with van der Waals surface area (Å²) in [6, 6.07) is 18.4. The second-order valence-corrected chi connectivity index (χ2v) is 8.21. The quantitative estimate of drug-likeness (QED) is 0.258. The number of hydrogen-bond donors (Lipinski definition) is 1. The number of esters is 2. The van der Waals surface area contributed by atoms with Crippen molar-refractivity contribution < 1.29 is 28.7 Å². The molecule has 0 aliphatic carbocycles. The molecule has 1 N–H and O–H groups in total. The molecular formula is C26H18Cl2N2O6. The number of carbonyl (C=O) groups excluding carboxylic acids is 4. The molecule has 0 radical (unpaired) electrons. The molecule has 4 rings (SSSR count). The van der Waals surface area contributed by atoms with Crippen LogP contribution >= 0.6 is 23.2 Å². The Labute approximate surface area is 216 Å². The molecule has 0 bridgehead atoms. The molecule has 8 nitrogen and oxygen atoms in total. The van der Waals surface area contributed by atoms with Gasteiger partial charge in [0.1, 0.15) is 16.5 Å². The topological polar surface area (TPSA) is 102 Å². The number of ether oxygens (including phenoxy) is 2. The third-order valence-corrected chi connectivity index (χ3v) is 5.76. The maximum absolute atomic E-state index is 13.0. The van der Waals surface area contributed by atoms with Gasteiger partial charge in [-0.15, -0.1) is 0 Å². The van der Waals surface area contributed by atoms with Gasteiger partial charge in [-0.2, -0.15) is 0 Å². The van der Waals surface area contributed by atoms with E-state index in [2.05, 4.69) is 5.32 Å². The molecule has 0 atom stereocenters. The summed E-state index contributed by atoms with van der Waals surface area (Å²) in [6.45, 7) is 1.91. The van der Waals surface area contributed by atoms with E-state index in [-0.39, 0.29) is 39.9 Å². The SMILES string of the molecule is CCOC(=O)c1ccc(N2C(=O)C(Cl)=C(Nc3ccc(C(=O)Oc4ccccc4Cl)cc3)C2=O)cc1. The lowest BCUT2D eigenvalue weighted by Crippen LogP contribution is -2.32. The zero-order valence-corrected chi connectivity index (χ0v) is 20.3. The standard InChI is InChI=1S/C26H18Cl2N2O6/c1-2-35-25(33)15-9-13-18(14-10-15)30-23(31)21(28)22(24(30)32)29-17-11-7-16(8-12-17)26(34)36-20-6-4-3-5-19(20)27/h3-14,29H,2H2,1H3. The highest BCUT2D eigenvalue weighted by molar-refractivity contribution is 6.53. The molecule has 182 valence electrons. The van der Waals surface area contributed by atoms with Gasteiger partial charge in [0, 0.05) is 5.69 Å². The van der Waals surface area contributed by atoms with Crippen LogP contribution in [0.2, 0.25) is 5.02 Å². The van der Waals surface area contributed by atoms with Crippen molar-refractivity contribution >= 4 is 58.3 Å². The summed E-state index contributed by atoms with van der Waals surface area (Å²) < 4.78 is 10.2. The van der Waals surface area contributed by atoms with Crippen LogP contribution in [0.3, 0.4) is 0 Å². The molecule has 3 aromatic rings. The molecule has 2 amide bonds. The van der Waals surface area contributed by atoms with Gasteiger partial charge < -0.3 is 14.8 Å². The summed E-state index contributed by atoms with van der Waals surface area (Å²) in [4.78, 5) is 50.8. The fourth-order valence-corrected chi connectivity index (χ4v) is 3.71. The van der Waals surface area contributed by atoms with Crippen LogP contribution in [0.15, 0.2) is 83.5 Å². The van der Waals surface area contributed by atoms with Gasteiger partial charge in [-0.05, 0) is 67.6 Å². The summed E-state index contributed by atoms with van der Waals surface area (Å²) in [5.74, 6) is -2.28. The summed E-state index contributed by atoms with van der Waals surface area (Å²) in [5.41, 5.74) is 1.06. The number of halogens is 2. The highest BCUT2D eigenvalue weighted by Gasteiger charge is 2.39. The molecule has 0 unspecified atom stereocenters. The smallest absolute Gasteiger partial charge is 0.343 e. The lowest BCUT2D eigenvalue weighted by molar-refractivity contribution is -0.120. The molecule has 36 heavy (non-hydrogen) atoms. The lowest BCUT2D eigenvalue weighted by atomic mass is 10.2. The number of amides is 2. The largest absolute Gasteiger partial charge is 0.462 e. The number of para-hydroxylation sites is 1. The van der Waals surface area contributed by atoms with Crippen LogP contribution in [0.5, 0.6) is 5.75 Å². The number of hydrogen-bond acceptors (Lipinski definition) is 7. The maximum atomic E-state index is 13.0. The van der Waals surface area contributed by atoms with E-state index in [1.165, 1.54) is 48.5 Å². The predicted molar refractivity (Wildman–Crippen MR) is 134 cm³/mol. The van der Waals surface area contributed by atoms with E-state index in [0.29, 0.717) is 10.7 Å². The molecule has 0 saturated heterocycles. The van der Waals surface area contributed by atoms with Crippen LogP contribution < -0.4 is 15.0 Å². The number of imide groups is 1. The Kier molecular flexibility index (Phi) is 7.38. The normalized spacial score (nSPS) is 13.1. The minimum absolute atomic E-state index is 0.123. The number of nitrogens with one attached hydrogen (secondary N) is 1. The van der Waals surface area contributed by atoms with Crippen molar-refractivity contribution in [1.82, 2.24) is 0 Å². The first kappa shape index (κ1) is 25.0. The van der Waals surface area contributed by atoms with E-state index in [1.54, 1.807) is 31.2 Å². The Hall–Kier alpha value is -4.14. The van der Waals surface area contributed by atoms with Gasteiger partial charge in [0.2, 0.25) is 0 Å². The molecule has 1 heterocycles. The van der Waals surface area contributed by atoms with Crippen molar-refractivity contribution in [3.05, 3.63) is 99.7 Å².